The third kappa shape index (κ3) is 5.66. The molecule has 1 unspecified atom stereocenters. The molecule has 0 heterocycles. The highest BCUT2D eigenvalue weighted by atomic mass is 19.4. The minimum atomic E-state index is -4.35. The first-order chi connectivity index (χ1) is 9.12. The summed E-state index contributed by atoms with van der Waals surface area (Å²) in [6, 6.07) is -1.80. The molecule has 5 nitrogen and oxygen atoms in total. The van der Waals surface area contributed by atoms with Gasteiger partial charge >= 0.3 is 18.2 Å². The number of hydrogen-bond donors (Lipinski definition) is 3. The number of carboxylic acid groups (broad SMARTS) is 1. The van der Waals surface area contributed by atoms with Gasteiger partial charge in [-0.15, -0.1) is 0 Å². The van der Waals surface area contributed by atoms with Crippen LogP contribution in [-0.2, 0) is 4.79 Å². The average molecular weight is 296 g/mol. The lowest BCUT2D eigenvalue weighted by Crippen LogP contribution is -2.53. The number of carbonyl (C=O) groups is 2. The van der Waals surface area contributed by atoms with Gasteiger partial charge in [-0.3, -0.25) is 4.79 Å². The molecular weight excluding hydrogens is 277 g/mol. The SMILES string of the molecule is CC(CC(F)(F)F)NC(=O)NC1(CC(=O)O)CCCC1. The molecule has 2 amide bonds. The van der Waals surface area contributed by atoms with Crippen molar-refractivity contribution in [3.05, 3.63) is 0 Å². The van der Waals surface area contributed by atoms with E-state index in [-0.39, 0.29) is 6.42 Å². The fourth-order valence-electron chi connectivity index (χ4n) is 2.59. The summed E-state index contributed by atoms with van der Waals surface area (Å²) in [5, 5.41) is 13.6. The van der Waals surface area contributed by atoms with Crippen molar-refractivity contribution in [2.45, 2.75) is 63.2 Å². The van der Waals surface area contributed by atoms with E-state index in [0.717, 1.165) is 12.8 Å². The van der Waals surface area contributed by atoms with Crippen molar-refractivity contribution >= 4 is 12.0 Å². The second-order valence-electron chi connectivity index (χ2n) is 5.38. The van der Waals surface area contributed by atoms with Gasteiger partial charge in [-0.1, -0.05) is 12.8 Å². The van der Waals surface area contributed by atoms with Crippen molar-refractivity contribution in [1.29, 1.82) is 0 Å². The van der Waals surface area contributed by atoms with Crippen molar-refractivity contribution < 1.29 is 27.9 Å². The molecule has 0 aromatic heterocycles. The average Bonchev–Trinajstić information content (AvgIpc) is 2.60. The van der Waals surface area contributed by atoms with Crippen LogP contribution in [0.1, 0.15) is 45.4 Å². The summed E-state index contributed by atoms with van der Waals surface area (Å²) in [4.78, 5) is 22.5. The minimum absolute atomic E-state index is 0.214. The van der Waals surface area contributed by atoms with Gasteiger partial charge in [0.2, 0.25) is 0 Å². The Morgan fingerprint density at radius 2 is 1.85 bits per heavy atom. The maximum Gasteiger partial charge on any atom is 0.391 e. The lowest BCUT2D eigenvalue weighted by atomic mass is 9.93. The van der Waals surface area contributed by atoms with Gasteiger partial charge in [0.1, 0.15) is 0 Å². The van der Waals surface area contributed by atoms with Gasteiger partial charge in [0.15, 0.2) is 0 Å². The van der Waals surface area contributed by atoms with Crippen LogP contribution in [0.25, 0.3) is 0 Å². The molecule has 3 N–H and O–H groups in total. The first kappa shape index (κ1) is 16.6. The Labute approximate surface area is 114 Å². The number of hydrogen-bond acceptors (Lipinski definition) is 2. The number of amides is 2. The Hall–Kier alpha value is -1.47. The van der Waals surface area contributed by atoms with Crippen LogP contribution >= 0.6 is 0 Å². The summed E-state index contributed by atoms with van der Waals surface area (Å²) in [7, 11) is 0. The maximum absolute atomic E-state index is 12.2. The quantitative estimate of drug-likeness (QED) is 0.729. The van der Waals surface area contributed by atoms with Gasteiger partial charge in [-0.25, -0.2) is 4.79 Å². The van der Waals surface area contributed by atoms with E-state index in [1.54, 1.807) is 0 Å². The second-order valence-corrected chi connectivity index (χ2v) is 5.38. The minimum Gasteiger partial charge on any atom is -0.481 e. The molecule has 0 aromatic rings. The summed E-state index contributed by atoms with van der Waals surface area (Å²) >= 11 is 0. The summed E-state index contributed by atoms with van der Waals surface area (Å²) < 4.78 is 36.5. The third-order valence-corrected chi connectivity index (χ3v) is 3.34. The van der Waals surface area contributed by atoms with E-state index in [9.17, 15) is 22.8 Å². The van der Waals surface area contributed by atoms with Gasteiger partial charge in [-0.05, 0) is 19.8 Å². The topological polar surface area (TPSA) is 78.4 Å². The molecule has 0 saturated heterocycles. The molecule has 0 spiro atoms. The van der Waals surface area contributed by atoms with Crippen LogP contribution in [0.3, 0.4) is 0 Å². The number of rotatable bonds is 5. The van der Waals surface area contributed by atoms with Crippen LogP contribution in [-0.4, -0.2) is 34.9 Å². The third-order valence-electron chi connectivity index (χ3n) is 3.34. The zero-order chi connectivity index (χ0) is 15.4. The first-order valence-corrected chi connectivity index (χ1v) is 6.49. The van der Waals surface area contributed by atoms with Crippen LogP contribution in [0.4, 0.5) is 18.0 Å². The highest BCUT2D eigenvalue weighted by Crippen LogP contribution is 2.32. The van der Waals surface area contributed by atoms with E-state index in [1.165, 1.54) is 6.92 Å². The normalized spacial score (nSPS) is 19.4. The highest BCUT2D eigenvalue weighted by Gasteiger charge is 2.38. The van der Waals surface area contributed by atoms with Gasteiger partial charge in [0.25, 0.3) is 0 Å². The lowest BCUT2D eigenvalue weighted by Gasteiger charge is -2.29. The van der Waals surface area contributed by atoms with Gasteiger partial charge < -0.3 is 15.7 Å². The summed E-state index contributed by atoms with van der Waals surface area (Å²) in [6.07, 6.45) is -3.03. The van der Waals surface area contributed by atoms with E-state index in [0.29, 0.717) is 12.8 Å². The smallest absolute Gasteiger partial charge is 0.391 e. The van der Waals surface area contributed by atoms with Crippen molar-refractivity contribution in [3.63, 3.8) is 0 Å². The zero-order valence-electron chi connectivity index (χ0n) is 11.2. The van der Waals surface area contributed by atoms with Crippen molar-refractivity contribution in [1.82, 2.24) is 10.6 Å². The Bertz CT molecular complexity index is 365. The Morgan fingerprint density at radius 3 is 2.30 bits per heavy atom. The van der Waals surface area contributed by atoms with Gasteiger partial charge in [0, 0.05) is 6.04 Å². The Kier molecular flexibility index (Phi) is 5.24. The Balaban J connectivity index is 2.52. The maximum atomic E-state index is 12.2. The number of urea groups is 1. The van der Waals surface area contributed by atoms with Gasteiger partial charge in [-0.2, -0.15) is 13.2 Å². The molecule has 0 bridgehead atoms. The molecule has 1 fully saturated rings. The van der Waals surface area contributed by atoms with Crippen LogP contribution in [0.15, 0.2) is 0 Å². The molecule has 116 valence electrons. The summed E-state index contributed by atoms with van der Waals surface area (Å²) in [6.45, 7) is 1.26. The fourth-order valence-corrected chi connectivity index (χ4v) is 2.59. The predicted molar refractivity (Wildman–Crippen MR) is 65.3 cm³/mol. The number of nitrogens with one attached hydrogen (secondary N) is 2. The largest absolute Gasteiger partial charge is 0.481 e. The van der Waals surface area contributed by atoms with Gasteiger partial charge in [0.05, 0.1) is 18.4 Å². The standard InChI is InChI=1S/C12H19F3N2O3/c1-8(6-12(13,14)15)16-10(20)17-11(7-9(18)19)4-2-3-5-11/h8H,2-7H2,1H3,(H,18,19)(H2,16,17,20). The second kappa shape index (κ2) is 6.32. The molecular formula is C12H19F3N2O3. The molecule has 0 aromatic carbocycles. The van der Waals surface area contributed by atoms with E-state index in [4.69, 9.17) is 5.11 Å². The van der Waals surface area contributed by atoms with Crippen LogP contribution in [0.2, 0.25) is 0 Å². The van der Waals surface area contributed by atoms with Crippen LogP contribution in [0.5, 0.6) is 0 Å². The fraction of sp³-hybridized carbons (Fsp3) is 0.833. The van der Waals surface area contributed by atoms with E-state index < -0.39 is 36.2 Å². The zero-order valence-corrected chi connectivity index (χ0v) is 11.2. The summed E-state index contributed by atoms with van der Waals surface area (Å²) in [5.74, 6) is -1.03. The highest BCUT2D eigenvalue weighted by molar-refractivity contribution is 5.77. The number of carbonyl (C=O) groups excluding carboxylic acids is 1. The summed E-state index contributed by atoms with van der Waals surface area (Å²) in [5.41, 5.74) is -0.839. The lowest BCUT2D eigenvalue weighted by molar-refractivity contribution is -0.139. The molecule has 0 aliphatic heterocycles. The van der Waals surface area contributed by atoms with Crippen molar-refractivity contribution in [2.75, 3.05) is 0 Å². The van der Waals surface area contributed by atoms with Crippen LogP contribution in [0, 0.1) is 0 Å². The molecule has 0 radical (unpaired) electrons. The first-order valence-electron chi connectivity index (χ1n) is 6.49. The molecule has 8 heteroatoms. The molecule has 1 rings (SSSR count). The molecule has 1 aliphatic rings. The molecule has 1 atom stereocenters. The monoisotopic (exact) mass is 296 g/mol. The van der Waals surface area contributed by atoms with E-state index >= 15 is 0 Å². The van der Waals surface area contributed by atoms with Crippen LogP contribution < -0.4 is 10.6 Å². The Morgan fingerprint density at radius 1 is 1.30 bits per heavy atom. The molecule has 1 aliphatic carbocycles. The van der Waals surface area contributed by atoms with Crippen molar-refractivity contribution in [3.8, 4) is 0 Å². The number of alkyl halides is 3. The predicted octanol–water partition coefficient (Wildman–Crippen LogP) is 2.41. The number of halogens is 3. The number of carboxylic acids is 1. The van der Waals surface area contributed by atoms with E-state index in [2.05, 4.69) is 10.6 Å². The number of aliphatic carboxylic acids is 1. The van der Waals surface area contributed by atoms with Crippen molar-refractivity contribution in [2.24, 2.45) is 0 Å². The molecule has 1 saturated carbocycles. The molecule has 20 heavy (non-hydrogen) atoms. The van der Waals surface area contributed by atoms with E-state index in [1.807, 2.05) is 0 Å².